The second-order valence-electron chi connectivity index (χ2n) is 5.02. The Morgan fingerprint density at radius 1 is 1.48 bits per heavy atom. The van der Waals surface area contributed by atoms with Gasteiger partial charge in [0.2, 0.25) is 0 Å². The number of azide groups is 2. The summed E-state index contributed by atoms with van der Waals surface area (Å²) in [5.74, 6) is -1.32. The molecule has 0 aromatic heterocycles. The molecule has 0 aromatic carbocycles. The third-order valence-corrected chi connectivity index (χ3v) is 3.38. The van der Waals surface area contributed by atoms with Gasteiger partial charge in [0.1, 0.15) is 0 Å². The van der Waals surface area contributed by atoms with Gasteiger partial charge in [-0.2, -0.15) is 0 Å². The third kappa shape index (κ3) is 3.54. The van der Waals surface area contributed by atoms with Gasteiger partial charge in [0.05, 0.1) is 30.4 Å². The van der Waals surface area contributed by atoms with Crippen LogP contribution in [0.5, 0.6) is 0 Å². The van der Waals surface area contributed by atoms with Gasteiger partial charge >= 0.3 is 5.97 Å². The Balaban J connectivity index is 3.26. The summed E-state index contributed by atoms with van der Waals surface area (Å²) in [5.41, 5.74) is 15.4. The molecule has 21 heavy (non-hydrogen) atoms. The Morgan fingerprint density at radius 3 is 2.52 bits per heavy atom. The van der Waals surface area contributed by atoms with Gasteiger partial charge < -0.3 is 20.1 Å². The second kappa shape index (κ2) is 6.61. The first-order valence-electron chi connectivity index (χ1n) is 6.12. The number of hydrogen-bond acceptors (Lipinski definition) is 6. The Hall–Kier alpha value is -2.03. The number of carboxylic acid groups (broad SMARTS) is 1. The van der Waals surface area contributed by atoms with E-state index in [9.17, 15) is 20.1 Å². The number of aliphatic carboxylic acids is 1. The van der Waals surface area contributed by atoms with Crippen molar-refractivity contribution in [1.29, 1.82) is 0 Å². The van der Waals surface area contributed by atoms with Crippen LogP contribution in [0.1, 0.15) is 20.3 Å². The number of aliphatic hydroxyl groups is 2. The predicted molar refractivity (Wildman–Crippen MR) is 69.1 cm³/mol. The first kappa shape index (κ1) is 17.0. The van der Waals surface area contributed by atoms with E-state index in [1.165, 1.54) is 13.8 Å². The maximum atomic E-state index is 11.3. The van der Waals surface area contributed by atoms with E-state index in [1.807, 2.05) is 0 Å². The SMILES string of the molecule is C[C@@H](O)[C@@H](N=[N+]=[N-])C1O[C@@](C)(C(=O)O)C[C@@H](O)[C@H]1N=[N+]=[N-]. The van der Waals surface area contributed by atoms with Crippen molar-refractivity contribution in [2.24, 2.45) is 10.2 Å². The van der Waals surface area contributed by atoms with Gasteiger partial charge in [0.25, 0.3) is 0 Å². The minimum atomic E-state index is -1.75. The van der Waals surface area contributed by atoms with Crippen LogP contribution >= 0.6 is 0 Å². The van der Waals surface area contributed by atoms with Crippen LogP contribution in [0.3, 0.4) is 0 Å². The molecule has 0 bridgehead atoms. The molecule has 116 valence electrons. The Labute approximate surface area is 119 Å². The largest absolute Gasteiger partial charge is 0.479 e. The molecule has 1 saturated heterocycles. The Bertz CT molecular complexity index is 480. The number of aliphatic hydroxyl groups excluding tert-OH is 2. The average molecular weight is 300 g/mol. The highest BCUT2D eigenvalue weighted by molar-refractivity contribution is 5.77. The molecule has 11 heteroatoms. The van der Waals surface area contributed by atoms with Crippen molar-refractivity contribution in [3.63, 3.8) is 0 Å². The summed E-state index contributed by atoms with van der Waals surface area (Å²) in [6.07, 6.45) is -4.06. The molecule has 1 unspecified atom stereocenters. The lowest BCUT2D eigenvalue weighted by atomic mass is 9.84. The van der Waals surface area contributed by atoms with Crippen molar-refractivity contribution >= 4 is 5.97 Å². The van der Waals surface area contributed by atoms with E-state index in [-0.39, 0.29) is 6.42 Å². The van der Waals surface area contributed by atoms with Crippen LogP contribution in [0.4, 0.5) is 0 Å². The monoisotopic (exact) mass is 300 g/mol. The summed E-state index contributed by atoms with van der Waals surface area (Å²) < 4.78 is 5.40. The van der Waals surface area contributed by atoms with Gasteiger partial charge in [-0.3, -0.25) is 0 Å². The van der Waals surface area contributed by atoms with Gasteiger partial charge in [0.15, 0.2) is 5.60 Å². The maximum Gasteiger partial charge on any atom is 0.335 e. The second-order valence-corrected chi connectivity index (χ2v) is 5.02. The van der Waals surface area contributed by atoms with E-state index in [2.05, 4.69) is 20.1 Å². The van der Waals surface area contributed by atoms with E-state index in [0.717, 1.165) is 0 Å². The highest BCUT2D eigenvalue weighted by Crippen LogP contribution is 2.34. The molecule has 0 saturated carbocycles. The number of ether oxygens (including phenoxy) is 1. The summed E-state index contributed by atoms with van der Waals surface area (Å²) in [6, 6.07) is -2.38. The van der Waals surface area contributed by atoms with Crippen molar-refractivity contribution in [2.75, 3.05) is 0 Å². The molecule has 11 nitrogen and oxygen atoms in total. The van der Waals surface area contributed by atoms with Gasteiger partial charge in [-0.1, -0.05) is 10.2 Å². The van der Waals surface area contributed by atoms with Crippen molar-refractivity contribution < 1.29 is 24.9 Å². The minimum absolute atomic E-state index is 0.300. The number of carbonyl (C=O) groups is 1. The molecule has 0 aromatic rings. The zero-order valence-electron chi connectivity index (χ0n) is 11.4. The lowest BCUT2D eigenvalue weighted by molar-refractivity contribution is -0.201. The molecule has 0 amide bonds. The lowest BCUT2D eigenvalue weighted by Crippen LogP contribution is -2.60. The van der Waals surface area contributed by atoms with E-state index >= 15 is 0 Å². The van der Waals surface area contributed by atoms with Crippen LogP contribution in [0.15, 0.2) is 10.2 Å². The first-order valence-corrected chi connectivity index (χ1v) is 6.12. The molecule has 0 radical (unpaired) electrons. The van der Waals surface area contributed by atoms with E-state index < -0.39 is 42.0 Å². The van der Waals surface area contributed by atoms with Crippen LogP contribution in [0.25, 0.3) is 20.9 Å². The summed E-state index contributed by atoms with van der Waals surface area (Å²) in [7, 11) is 0. The molecule has 1 fully saturated rings. The van der Waals surface area contributed by atoms with Crippen molar-refractivity contribution in [3.05, 3.63) is 20.9 Å². The standard InChI is InChI=1S/C10H16N6O5/c1-4(17)6(13-15-11)8-7(14-16-12)5(18)3-10(2,21-8)9(19)20/h4-8,17-18H,3H2,1-2H3,(H,19,20)/t4-,5-,6-,7-,8?,10-/m1/s1. The van der Waals surface area contributed by atoms with Crippen molar-refractivity contribution in [1.82, 2.24) is 0 Å². The summed E-state index contributed by atoms with van der Waals surface area (Å²) in [5, 5.41) is 35.6. The van der Waals surface area contributed by atoms with Gasteiger partial charge in [-0.15, -0.1) is 0 Å². The van der Waals surface area contributed by atoms with Crippen LogP contribution in [-0.4, -0.2) is 57.3 Å². The van der Waals surface area contributed by atoms with Crippen molar-refractivity contribution in [3.8, 4) is 0 Å². The smallest absolute Gasteiger partial charge is 0.335 e. The normalized spacial score (nSPS) is 35.0. The number of nitrogens with zero attached hydrogens (tertiary/aromatic N) is 6. The van der Waals surface area contributed by atoms with E-state index in [4.69, 9.17) is 15.8 Å². The first-order chi connectivity index (χ1) is 9.76. The summed E-state index contributed by atoms with van der Waals surface area (Å²) >= 11 is 0. The fraction of sp³-hybridized carbons (Fsp3) is 0.900. The highest BCUT2D eigenvalue weighted by atomic mass is 16.5. The number of hydrogen-bond donors (Lipinski definition) is 3. The third-order valence-electron chi connectivity index (χ3n) is 3.38. The van der Waals surface area contributed by atoms with Crippen LogP contribution in [0, 0.1) is 0 Å². The quantitative estimate of drug-likeness (QED) is 0.382. The number of carboxylic acids is 1. The van der Waals surface area contributed by atoms with E-state index in [0.29, 0.717) is 0 Å². The molecule has 3 N–H and O–H groups in total. The molecular weight excluding hydrogens is 284 g/mol. The molecular formula is C10H16N6O5. The number of rotatable bonds is 5. The van der Waals surface area contributed by atoms with Gasteiger partial charge in [-0.25, -0.2) is 4.79 Å². The Morgan fingerprint density at radius 2 is 2.10 bits per heavy atom. The lowest BCUT2D eigenvalue weighted by Gasteiger charge is -2.44. The average Bonchev–Trinajstić information content (AvgIpc) is 2.38. The van der Waals surface area contributed by atoms with Crippen LogP contribution in [0.2, 0.25) is 0 Å². The van der Waals surface area contributed by atoms with Crippen LogP contribution in [-0.2, 0) is 9.53 Å². The predicted octanol–water partition coefficient (Wildman–Crippen LogP) is 0.718. The highest BCUT2D eigenvalue weighted by Gasteiger charge is 2.51. The fourth-order valence-electron chi connectivity index (χ4n) is 2.27. The molecule has 1 rings (SSSR count). The van der Waals surface area contributed by atoms with Gasteiger partial charge in [0, 0.05) is 16.2 Å². The molecule has 6 atom stereocenters. The molecule has 0 spiro atoms. The molecule has 1 aliphatic rings. The molecule has 1 heterocycles. The Kier molecular flexibility index (Phi) is 5.36. The zero-order chi connectivity index (χ0) is 16.2. The summed E-state index contributed by atoms with van der Waals surface area (Å²) in [6.45, 7) is 2.56. The minimum Gasteiger partial charge on any atom is -0.479 e. The van der Waals surface area contributed by atoms with E-state index in [1.54, 1.807) is 0 Å². The topological polar surface area (TPSA) is 185 Å². The maximum absolute atomic E-state index is 11.3. The van der Waals surface area contributed by atoms with Crippen molar-refractivity contribution in [2.45, 2.75) is 56.3 Å². The van der Waals surface area contributed by atoms with Crippen LogP contribution < -0.4 is 0 Å². The molecule has 0 aliphatic carbocycles. The fourth-order valence-corrected chi connectivity index (χ4v) is 2.27. The summed E-state index contributed by atoms with van der Waals surface area (Å²) in [4.78, 5) is 16.4. The zero-order valence-corrected chi connectivity index (χ0v) is 11.4. The van der Waals surface area contributed by atoms with Gasteiger partial charge in [-0.05, 0) is 24.9 Å². The molecule has 1 aliphatic heterocycles.